The zero-order valence-corrected chi connectivity index (χ0v) is 17.6. The molecule has 0 bridgehead atoms. The highest BCUT2D eigenvalue weighted by Crippen LogP contribution is 2.20. The van der Waals surface area contributed by atoms with E-state index in [9.17, 15) is 13.2 Å². The molecule has 2 aromatic carbocycles. The molecule has 7 nitrogen and oxygen atoms in total. The second-order valence-electron chi connectivity index (χ2n) is 6.21. The maximum absolute atomic E-state index is 12.4. The molecule has 3 aromatic rings. The lowest BCUT2D eigenvalue weighted by Crippen LogP contribution is -2.30. The molecular weight excluding hydrogens is 410 g/mol. The number of hydrogen-bond acceptors (Lipinski definition) is 6. The number of nitrogens with one attached hydrogen (secondary N) is 2. The number of amides is 1. The van der Waals surface area contributed by atoms with Crippen molar-refractivity contribution in [3.63, 3.8) is 0 Å². The number of aryl methyl sites for hydroxylation is 1. The number of ether oxygens (including phenoxy) is 1. The third-order valence-corrected chi connectivity index (χ3v) is 6.27. The summed E-state index contributed by atoms with van der Waals surface area (Å²) < 4.78 is 32.7. The highest BCUT2D eigenvalue weighted by Gasteiger charge is 2.17. The van der Waals surface area contributed by atoms with E-state index < -0.39 is 16.1 Å². The normalized spacial score (nSPS) is 12.2. The molecule has 1 heterocycles. The van der Waals surface area contributed by atoms with Crippen LogP contribution in [0.1, 0.15) is 19.4 Å². The minimum atomic E-state index is -3.73. The maximum atomic E-state index is 12.4. The van der Waals surface area contributed by atoms with Crippen molar-refractivity contribution in [1.82, 2.24) is 4.98 Å². The molecule has 3 rings (SSSR count). The van der Waals surface area contributed by atoms with Gasteiger partial charge in [-0.1, -0.05) is 19.1 Å². The predicted octanol–water partition coefficient (Wildman–Crippen LogP) is 3.91. The van der Waals surface area contributed by atoms with Crippen molar-refractivity contribution < 1.29 is 17.9 Å². The number of benzene rings is 2. The summed E-state index contributed by atoms with van der Waals surface area (Å²) in [5.74, 6) is 0.278. The number of thiazole rings is 1. The summed E-state index contributed by atoms with van der Waals surface area (Å²) in [7, 11) is -3.73. The fraction of sp³-hybridized carbons (Fsp3) is 0.200. The zero-order chi connectivity index (χ0) is 20.9. The van der Waals surface area contributed by atoms with E-state index in [1.165, 1.54) is 47.4 Å². The molecule has 1 aromatic heterocycles. The van der Waals surface area contributed by atoms with E-state index in [-0.39, 0.29) is 10.8 Å². The van der Waals surface area contributed by atoms with Gasteiger partial charge in [-0.2, -0.15) is 0 Å². The Hall–Kier alpha value is -2.91. The maximum Gasteiger partial charge on any atom is 0.265 e. The van der Waals surface area contributed by atoms with Crippen molar-refractivity contribution in [2.24, 2.45) is 0 Å². The lowest BCUT2D eigenvalue weighted by Gasteiger charge is -2.15. The summed E-state index contributed by atoms with van der Waals surface area (Å²) >= 11 is 1.19. The molecule has 29 heavy (non-hydrogen) atoms. The van der Waals surface area contributed by atoms with Gasteiger partial charge in [0.1, 0.15) is 5.75 Å². The van der Waals surface area contributed by atoms with E-state index in [0.717, 1.165) is 6.42 Å². The lowest BCUT2D eigenvalue weighted by molar-refractivity contribution is -0.122. The van der Waals surface area contributed by atoms with Gasteiger partial charge >= 0.3 is 0 Å². The number of nitrogens with zero attached hydrogens (tertiary/aromatic N) is 1. The molecule has 9 heteroatoms. The van der Waals surface area contributed by atoms with Crippen LogP contribution >= 0.6 is 11.3 Å². The number of carbonyl (C=O) groups is 1. The van der Waals surface area contributed by atoms with Gasteiger partial charge in [-0.15, -0.1) is 11.3 Å². The van der Waals surface area contributed by atoms with Gasteiger partial charge in [-0.05, 0) is 55.3 Å². The topological polar surface area (TPSA) is 97.4 Å². The van der Waals surface area contributed by atoms with Crippen molar-refractivity contribution in [1.29, 1.82) is 0 Å². The van der Waals surface area contributed by atoms with Crippen molar-refractivity contribution in [3.05, 3.63) is 65.7 Å². The van der Waals surface area contributed by atoms with Crippen LogP contribution in [0, 0.1) is 0 Å². The van der Waals surface area contributed by atoms with E-state index in [1.54, 1.807) is 12.3 Å². The van der Waals surface area contributed by atoms with Crippen LogP contribution in [0.2, 0.25) is 0 Å². The van der Waals surface area contributed by atoms with Gasteiger partial charge in [-0.25, -0.2) is 13.4 Å². The lowest BCUT2D eigenvalue weighted by atomic mass is 10.2. The Kier molecular flexibility index (Phi) is 6.50. The highest BCUT2D eigenvalue weighted by atomic mass is 32.2. The van der Waals surface area contributed by atoms with Gasteiger partial charge in [0.05, 0.1) is 4.90 Å². The first-order chi connectivity index (χ1) is 13.9. The smallest absolute Gasteiger partial charge is 0.265 e. The van der Waals surface area contributed by atoms with Gasteiger partial charge in [0.25, 0.3) is 15.9 Å². The summed E-state index contributed by atoms with van der Waals surface area (Å²) in [6, 6.07) is 13.5. The van der Waals surface area contributed by atoms with Crippen LogP contribution < -0.4 is 14.8 Å². The Bertz CT molecular complexity index is 1050. The monoisotopic (exact) mass is 431 g/mol. The van der Waals surface area contributed by atoms with Gasteiger partial charge in [0.2, 0.25) is 0 Å². The second-order valence-corrected chi connectivity index (χ2v) is 8.79. The van der Waals surface area contributed by atoms with E-state index >= 15 is 0 Å². The summed E-state index contributed by atoms with van der Waals surface area (Å²) in [6.45, 7) is 3.72. The third kappa shape index (κ3) is 5.55. The minimum absolute atomic E-state index is 0.0750. The molecule has 2 N–H and O–H groups in total. The summed E-state index contributed by atoms with van der Waals surface area (Å²) in [4.78, 5) is 16.3. The molecule has 0 aliphatic rings. The van der Waals surface area contributed by atoms with Gasteiger partial charge in [0.15, 0.2) is 11.2 Å². The molecule has 0 aliphatic carbocycles. The van der Waals surface area contributed by atoms with E-state index in [2.05, 4.69) is 21.9 Å². The average Bonchev–Trinajstić information content (AvgIpc) is 3.21. The Morgan fingerprint density at radius 1 is 1.14 bits per heavy atom. The van der Waals surface area contributed by atoms with Crippen molar-refractivity contribution in [3.8, 4) is 5.75 Å². The van der Waals surface area contributed by atoms with Crippen molar-refractivity contribution in [2.75, 3.05) is 10.0 Å². The molecule has 0 aliphatic heterocycles. The fourth-order valence-corrected chi connectivity index (χ4v) is 4.26. The standard InChI is InChI=1S/C20H21N3O4S2/c1-3-15-4-8-17(9-5-15)27-14(2)19(24)22-16-6-10-18(11-7-16)29(25,26)23-20-21-12-13-28-20/h4-14H,3H2,1-2H3,(H,21,23)(H,22,24)/t14-/m0/s1. The number of anilines is 2. The Morgan fingerprint density at radius 3 is 2.41 bits per heavy atom. The number of sulfonamides is 1. The second kappa shape index (κ2) is 9.06. The molecule has 0 saturated heterocycles. The molecule has 1 atom stereocenters. The molecular formula is C20H21N3O4S2. The van der Waals surface area contributed by atoms with E-state index in [0.29, 0.717) is 16.6 Å². The number of aromatic nitrogens is 1. The van der Waals surface area contributed by atoms with Crippen LogP contribution in [0.5, 0.6) is 5.75 Å². The first-order valence-electron chi connectivity index (χ1n) is 8.96. The molecule has 0 saturated carbocycles. The summed E-state index contributed by atoms with van der Waals surface area (Å²) in [5, 5.41) is 4.69. The number of hydrogen-bond donors (Lipinski definition) is 2. The van der Waals surface area contributed by atoms with Gasteiger partial charge in [-0.3, -0.25) is 9.52 Å². The molecule has 0 spiro atoms. The third-order valence-electron chi connectivity index (χ3n) is 4.10. The minimum Gasteiger partial charge on any atom is -0.481 e. The molecule has 0 radical (unpaired) electrons. The van der Waals surface area contributed by atoms with E-state index in [4.69, 9.17) is 4.74 Å². The zero-order valence-electron chi connectivity index (χ0n) is 16.0. The van der Waals surface area contributed by atoms with Crippen molar-refractivity contribution in [2.45, 2.75) is 31.3 Å². The molecule has 0 unspecified atom stereocenters. The first kappa shape index (κ1) is 20.8. The Labute approximate surface area is 173 Å². The van der Waals surface area contributed by atoms with Gasteiger partial charge < -0.3 is 10.1 Å². The molecule has 152 valence electrons. The molecule has 1 amide bonds. The van der Waals surface area contributed by atoms with Crippen LogP contribution in [0.25, 0.3) is 0 Å². The fourth-order valence-electron chi connectivity index (χ4n) is 2.47. The van der Waals surface area contributed by atoms with Crippen molar-refractivity contribution >= 4 is 38.1 Å². The summed E-state index contributed by atoms with van der Waals surface area (Å²) in [6.07, 6.45) is 1.74. The Morgan fingerprint density at radius 2 is 1.83 bits per heavy atom. The summed E-state index contributed by atoms with van der Waals surface area (Å²) in [5.41, 5.74) is 1.66. The van der Waals surface area contributed by atoms with E-state index in [1.807, 2.05) is 24.3 Å². The average molecular weight is 432 g/mol. The first-order valence-corrected chi connectivity index (χ1v) is 11.3. The van der Waals surface area contributed by atoms with Crippen LogP contribution in [0.3, 0.4) is 0 Å². The van der Waals surface area contributed by atoms with Gasteiger partial charge in [0, 0.05) is 17.3 Å². The van der Waals surface area contributed by atoms with Crippen LogP contribution in [0.4, 0.5) is 10.8 Å². The largest absolute Gasteiger partial charge is 0.481 e. The van der Waals surface area contributed by atoms with Crippen LogP contribution in [0.15, 0.2) is 65.0 Å². The van der Waals surface area contributed by atoms with Crippen LogP contribution in [-0.2, 0) is 21.2 Å². The predicted molar refractivity (Wildman–Crippen MR) is 114 cm³/mol. The SMILES string of the molecule is CCc1ccc(O[C@@H](C)C(=O)Nc2ccc(S(=O)(=O)Nc3nccs3)cc2)cc1. The van der Waals surface area contributed by atoms with Crippen LogP contribution in [-0.4, -0.2) is 25.4 Å². The quantitative estimate of drug-likeness (QED) is 0.564. The highest BCUT2D eigenvalue weighted by molar-refractivity contribution is 7.93. The Balaban J connectivity index is 1.60. The number of rotatable bonds is 8. The molecule has 0 fully saturated rings. The number of carbonyl (C=O) groups excluding carboxylic acids is 1.